The highest BCUT2D eigenvalue weighted by Crippen LogP contribution is 2.14. The number of fused-ring (bicyclic) bond motifs is 1. The van der Waals surface area contributed by atoms with Gasteiger partial charge in [-0.2, -0.15) is 0 Å². The van der Waals surface area contributed by atoms with Gasteiger partial charge in [-0.1, -0.05) is 18.6 Å². The van der Waals surface area contributed by atoms with E-state index < -0.39 is 0 Å². The number of hydrogen-bond acceptors (Lipinski definition) is 3. The molecule has 0 spiro atoms. The third-order valence-electron chi connectivity index (χ3n) is 4.11. The molecule has 0 aliphatic carbocycles. The molecule has 1 aromatic carbocycles. The molecule has 5 nitrogen and oxygen atoms in total. The molecule has 112 valence electrons. The van der Waals surface area contributed by atoms with Crippen molar-refractivity contribution in [3.63, 3.8) is 0 Å². The van der Waals surface area contributed by atoms with Crippen LogP contribution in [0.2, 0.25) is 0 Å². The van der Waals surface area contributed by atoms with Crippen molar-refractivity contribution >= 4 is 16.9 Å². The molecule has 0 saturated carbocycles. The first-order valence-corrected chi connectivity index (χ1v) is 7.68. The lowest BCUT2D eigenvalue weighted by atomic mass is 10.0. The molecule has 1 unspecified atom stereocenters. The van der Waals surface area contributed by atoms with E-state index in [2.05, 4.69) is 26.3 Å². The monoisotopic (exact) mass is 286 g/mol. The zero-order valence-corrected chi connectivity index (χ0v) is 12.4. The maximum atomic E-state index is 12.1. The van der Waals surface area contributed by atoms with Gasteiger partial charge in [0.15, 0.2) is 0 Å². The number of piperidine rings is 1. The van der Waals surface area contributed by atoms with Crippen LogP contribution in [-0.2, 0) is 11.3 Å². The van der Waals surface area contributed by atoms with E-state index in [1.165, 1.54) is 6.42 Å². The minimum Gasteiger partial charge on any atom is -0.353 e. The summed E-state index contributed by atoms with van der Waals surface area (Å²) in [5.41, 5.74) is 2.13. The third kappa shape index (κ3) is 3.08. The molecule has 1 aliphatic heterocycles. The van der Waals surface area contributed by atoms with Crippen molar-refractivity contribution in [1.29, 1.82) is 0 Å². The smallest absolute Gasteiger partial charge is 0.237 e. The van der Waals surface area contributed by atoms with Crippen molar-refractivity contribution in [3.05, 3.63) is 30.1 Å². The third-order valence-corrected chi connectivity index (χ3v) is 4.11. The van der Waals surface area contributed by atoms with Crippen LogP contribution in [0.3, 0.4) is 0 Å². The molecule has 1 aliphatic rings. The predicted molar refractivity (Wildman–Crippen MR) is 83.1 cm³/mol. The molecule has 1 saturated heterocycles. The Morgan fingerprint density at radius 1 is 1.43 bits per heavy atom. The summed E-state index contributed by atoms with van der Waals surface area (Å²) in [7, 11) is 0. The molecule has 1 amide bonds. The number of benzene rings is 1. The van der Waals surface area contributed by atoms with Crippen LogP contribution in [0.5, 0.6) is 0 Å². The second-order valence-corrected chi connectivity index (χ2v) is 5.59. The van der Waals surface area contributed by atoms with E-state index >= 15 is 0 Å². The van der Waals surface area contributed by atoms with Crippen LogP contribution in [0.1, 0.15) is 25.1 Å². The number of nitrogens with one attached hydrogen (secondary N) is 2. The molecule has 0 radical (unpaired) electrons. The van der Waals surface area contributed by atoms with Gasteiger partial charge in [-0.3, -0.25) is 4.79 Å². The average Bonchev–Trinajstić information content (AvgIpc) is 2.84. The Morgan fingerprint density at radius 3 is 3.10 bits per heavy atom. The molecule has 0 bridgehead atoms. The summed E-state index contributed by atoms with van der Waals surface area (Å²) in [4.78, 5) is 16.6. The summed E-state index contributed by atoms with van der Waals surface area (Å²) < 4.78 is 2.16. The first-order chi connectivity index (χ1) is 10.3. The molecule has 5 heteroatoms. The Bertz CT molecular complexity index is 628. The molecular weight excluding hydrogens is 264 g/mol. The van der Waals surface area contributed by atoms with Crippen molar-refractivity contribution < 1.29 is 4.79 Å². The first-order valence-electron chi connectivity index (χ1n) is 7.68. The molecule has 2 N–H and O–H groups in total. The van der Waals surface area contributed by atoms with Gasteiger partial charge in [0, 0.05) is 13.1 Å². The molecule has 3 rings (SSSR count). The topological polar surface area (TPSA) is 59.0 Å². The number of carbonyl (C=O) groups excluding carboxylic acids is 1. The van der Waals surface area contributed by atoms with Gasteiger partial charge < -0.3 is 15.2 Å². The fourth-order valence-electron chi connectivity index (χ4n) is 2.97. The van der Waals surface area contributed by atoms with Gasteiger partial charge in [-0.15, -0.1) is 0 Å². The van der Waals surface area contributed by atoms with Gasteiger partial charge >= 0.3 is 0 Å². The highest BCUT2D eigenvalue weighted by molar-refractivity contribution is 5.81. The average molecular weight is 286 g/mol. The van der Waals surface area contributed by atoms with Crippen LogP contribution in [-0.4, -0.2) is 34.6 Å². The Balaban J connectivity index is 1.59. The first kappa shape index (κ1) is 14.1. The molecule has 2 aromatic rings. The van der Waals surface area contributed by atoms with Crippen LogP contribution in [0.25, 0.3) is 11.0 Å². The number of nitrogens with zero attached hydrogens (tertiary/aromatic N) is 2. The maximum absolute atomic E-state index is 12.1. The van der Waals surface area contributed by atoms with Crippen LogP contribution < -0.4 is 10.6 Å². The zero-order valence-electron chi connectivity index (χ0n) is 12.4. The number of amides is 1. The van der Waals surface area contributed by atoms with Crippen molar-refractivity contribution in [3.8, 4) is 0 Å². The summed E-state index contributed by atoms with van der Waals surface area (Å²) in [6.45, 7) is 4.34. The van der Waals surface area contributed by atoms with Crippen molar-refractivity contribution in [1.82, 2.24) is 20.2 Å². The molecule has 2 heterocycles. The Morgan fingerprint density at radius 2 is 2.29 bits per heavy atom. The highest BCUT2D eigenvalue weighted by Gasteiger charge is 2.19. The normalized spacial score (nSPS) is 18.8. The van der Waals surface area contributed by atoms with E-state index in [-0.39, 0.29) is 11.9 Å². The van der Waals surface area contributed by atoms with E-state index in [0.29, 0.717) is 6.54 Å². The molecule has 1 atom stereocenters. The number of aromatic nitrogens is 2. The van der Waals surface area contributed by atoms with Gasteiger partial charge in [0.1, 0.15) is 5.82 Å². The number of aryl methyl sites for hydroxylation is 1. The van der Waals surface area contributed by atoms with E-state index in [1.54, 1.807) is 0 Å². The number of rotatable bonds is 4. The predicted octanol–water partition coefficient (Wildman–Crippen LogP) is 1.60. The maximum Gasteiger partial charge on any atom is 0.237 e. The van der Waals surface area contributed by atoms with Crippen molar-refractivity contribution in [2.45, 2.75) is 38.8 Å². The zero-order chi connectivity index (χ0) is 14.7. The van der Waals surface area contributed by atoms with E-state index in [1.807, 2.05) is 25.1 Å². The largest absolute Gasteiger partial charge is 0.353 e. The van der Waals surface area contributed by atoms with Gasteiger partial charge in [0.2, 0.25) is 5.91 Å². The second-order valence-electron chi connectivity index (χ2n) is 5.59. The van der Waals surface area contributed by atoms with Crippen LogP contribution >= 0.6 is 0 Å². The Hall–Kier alpha value is -1.88. The standard InChI is InChI=1S/C16H22N4O/c1-12-19-13-6-2-3-8-15(13)20(12)11-10-18-16(21)14-7-4-5-9-17-14/h2-3,6,8,14,17H,4-5,7,9-11H2,1H3,(H,18,21). The summed E-state index contributed by atoms with van der Waals surface area (Å²) in [5, 5.41) is 6.30. The summed E-state index contributed by atoms with van der Waals surface area (Å²) in [6.07, 6.45) is 3.25. The number of para-hydroxylation sites is 2. The Labute approximate surface area is 124 Å². The van der Waals surface area contributed by atoms with Crippen molar-refractivity contribution in [2.75, 3.05) is 13.1 Å². The quantitative estimate of drug-likeness (QED) is 0.897. The van der Waals surface area contributed by atoms with Gasteiger partial charge in [0.25, 0.3) is 0 Å². The van der Waals surface area contributed by atoms with E-state index in [4.69, 9.17) is 0 Å². The number of carbonyl (C=O) groups is 1. The van der Waals surface area contributed by atoms with E-state index in [0.717, 1.165) is 42.8 Å². The summed E-state index contributed by atoms with van der Waals surface area (Å²) in [5.74, 6) is 1.11. The molecule has 1 aromatic heterocycles. The number of imidazole rings is 1. The minimum atomic E-state index is -0.0145. The number of hydrogen-bond donors (Lipinski definition) is 2. The van der Waals surface area contributed by atoms with E-state index in [9.17, 15) is 4.79 Å². The van der Waals surface area contributed by atoms with Gasteiger partial charge in [-0.05, 0) is 38.4 Å². The van der Waals surface area contributed by atoms with Crippen LogP contribution in [0.4, 0.5) is 0 Å². The summed E-state index contributed by atoms with van der Waals surface area (Å²) in [6, 6.07) is 8.09. The lowest BCUT2D eigenvalue weighted by Gasteiger charge is -2.22. The van der Waals surface area contributed by atoms with Crippen molar-refractivity contribution in [2.24, 2.45) is 0 Å². The fourth-order valence-corrected chi connectivity index (χ4v) is 2.97. The van der Waals surface area contributed by atoms with Gasteiger partial charge in [0.05, 0.1) is 17.1 Å². The molecule has 21 heavy (non-hydrogen) atoms. The lowest BCUT2D eigenvalue weighted by Crippen LogP contribution is -2.47. The van der Waals surface area contributed by atoms with Crippen LogP contribution in [0, 0.1) is 6.92 Å². The summed E-state index contributed by atoms with van der Waals surface area (Å²) >= 11 is 0. The molecule has 1 fully saturated rings. The highest BCUT2D eigenvalue weighted by atomic mass is 16.2. The second kappa shape index (κ2) is 6.26. The fraction of sp³-hybridized carbons (Fsp3) is 0.500. The lowest BCUT2D eigenvalue weighted by molar-refractivity contribution is -0.123. The van der Waals surface area contributed by atoms with Gasteiger partial charge in [-0.25, -0.2) is 4.98 Å². The SMILES string of the molecule is Cc1nc2ccccc2n1CCNC(=O)C1CCCCN1. The van der Waals surface area contributed by atoms with Crippen LogP contribution in [0.15, 0.2) is 24.3 Å². The minimum absolute atomic E-state index is 0.0145. The molecular formula is C16H22N4O. The Kier molecular flexibility index (Phi) is 4.20.